The lowest BCUT2D eigenvalue weighted by Gasteiger charge is -2.24. The zero-order valence-electron chi connectivity index (χ0n) is 15.8. The highest BCUT2D eigenvalue weighted by Crippen LogP contribution is 2.32. The molecule has 10 heteroatoms. The van der Waals surface area contributed by atoms with E-state index in [0.29, 0.717) is 30.0 Å². The van der Waals surface area contributed by atoms with Crippen molar-refractivity contribution >= 4 is 41.1 Å². The average Bonchev–Trinajstić information content (AvgIpc) is 3.35. The molecular formula is C20H19N3O6S. The van der Waals surface area contributed by atoms with Gasteiger partial charge >= 0.3 is 5.97 Å². The first-order valence-corrected chi connectivity index (χ1v) is 10.5. The van der Waals surface area contributed by atoms with Gasteiger partial charge in [-0.2, -0.15) is 0 Å². The summed E-state index contributed by atoms with van der Waals surface area (Å²) in [4.78, 5) is 50.2. The van der Waals surface area contributed by atoms with Gasteiger partial charge in [0.1, 0.15) is 11.8 Å². The molecule has 3 amide bonds. The third-order valence-electron chi connectivity index (χ3n) is 5.05. The lowest BCUT2D eigenvalue weighted by atomic mass is 10.1. The minimum atomic E-state index is -1.000. The standard InChI is InChI=1S/C20H19N3O6S/c24-16(9-30-10-17(25)26)21-14-5-6-23-18(14)19(27)22-13-4-3-11(8-12(13)20(23)28)15-2-1-7-29-15/h1-4,7-8,14,18H,5-6,9-10H2,(H,21,24)(H,22,27)(H,25,26). The lowest BCUT2D eigenvalue weighted by molar-refractivity contribution is -0.134. The predicted octanol–water partition coefficient (Wildman–Crippen LogP) is 1.42. The zero-order chi connectivity index (χ0) is 21.3. The number of amides is 3. The van der Waals surface area contributed by atoms with Crippen molar-refractivity contribution in [1.29, 1.82) is 0 Å². The molecule has 1 fully saturated rings. The smallest absolute Gasteiger partial charge is 0.313 e. The fourth-order valence-corrected chi connectivity index (χ4v) is 4.31. The minimum Gasteiger partial charge on any atom is -0.481 e. The molecule has 1 saturated heterocycles. The molecule has 0 radical (unpaired) electrons. The van der Waals surface area contributed by atoms with Gasteiger partial charge in [-0.1, -0.05) is 0 Å². The summed E-state index contributed by atoms with van der Waals surface area (Å²) < 4.78 is 5.39. The van der Waals surface area contributed by atoms with Crippen LogP contribution in [0.25, 0.3) is 11.3 Å². The van der Waals surface area contributed by atoms with Crippen molar-refractivity contribution in [3.63, 3.8) is 0 Å². The molecule has 3 N–H and O–H groups in total. The number of furan rings is 1. The van der Waals surface area contributed by atoms with E-state index in [9.17, 15) is 19.2 Å². The molecule has 3 heterocycles. The Labute approximate surface area is 175 Å². The van der Waals surface area contributed by atoms with Crippen molar-refractivity contribution in [3.05, 3.63) is 42.2 Å². The number of aliphatic carboxylic acids is 1. The Morgan fingerprint density at radius 1 is 1.27 bits per heavy atom. The van der Waals surface area contributed by atoms with Crippen LogP contribution in [0.3, 0.4) is 0 Å². The van der Waals surface area contributed by atoms with Crippen LogP contribution >= 0.6 is 11.8 Å². The molecule has 0 aliphatic carbocycles. The molecular weight excluding hydrogens is 410 g/mol. The Balaban J connectivity index is 1.52. The molecule has 2 aromatic rings. The fraction of sp³-hybridized carbons (Fsp3) is 0.300. The normalized spacial score (nSPS) is 20.2. The number of carboxylic acid groups (broad SMARTS) is 1. The number of hydrogen-bond donors (Lipinski definition) is 3. The van der Waals surface area contributed by atoms with Gasteiger partial charge in [0.15, 0.2) is 0 Å². The van der Waals surface area contributed by atoms with Gasteiger partial charge < -0.3 is 25.1 Å². The first-order chi connectivity index (χ1) is 14.4. The lowest BCUT2D eigenvalue weighted by Crippen LogP contribution is -2.52. The van der Waals surface area contributed by atoms with Gasteiger partial charge in [0.2, 0.25) is 11.8 Å². The number of carboxylic acids is 1. The summed E-state index contributed by atoms with van der Waals surface area (Å²) in [7, 11) is 0. The van der Waals surface area contributed by atoms with E-state index in [4.69, 9.17) is 9.52 Å². The Hall–Kier alpha value is -3.27. The van der Waals surface area contributed by atoms with Gasteiger partial charge in [-0.05, 0) is 36.8 Å². The van der Waals surface area contributed by atoms with Crippen LogP contribution < -0.4 is 10.6 Å². The number of rotatable bonds is 6. The Kier molecular flexibility index (Phi) is 5.49. The molecule has 2 aliphatic heterocycles. The van der Waals surface area contributed by atoms with E-state index < -0.39 is 18.1 Å². The minimum absolute atomic E-state index is 0.0299. The number of fused-ring (bicyclic) bond motifs is 2. The second-order valence-corrected chi connectivity index (χ2v) is 8.01. The summed E-state index contributed by atoms with van der Waals surface area (Å²) in [5.41, 5.74) is 1.50. The maximum Gasteiger partial charge on any atom is 0.313 e. The number of carbonyl (C=O) groups excluding carboxylic acids is 3. The van der Waals surface area contributed by atoms with Crippen LogP contribution in [0.4, 0.5) is 5.69 Å². The van der Waals surface area contributed by atoms with Gasteiger partial charge in [0.25, 0.3) is 5.91 Å². The monoisotopic (exact) mass is 429 g/mol. The van der Waals surface area contributed by atoms with Crippen molar-refractivity contribution in [3.8, 4) is 11.3 Å². The van der Waals surface area contributed by atoms with Crippen LogP contribution in [0.15, 0.2) is 41.0 Å². The molecule has 0 saturated carbocycles. The van der Waals surface area contributed by atoms with Gasteiger partial charge in [-0.25, -0.2) is 0 Å². The van der Waals surface area contributed by atoms with Crippen LogP contribution in [0.1, 0.15) is 16.8 Å². The van der Waals surface area contributed by atoms with Gasteiger partial charge in [-0.15, -0.1) is 11.8 Å². The van der Waals surface area contributed by atoms with Crippen LogP contribution in [0.2, 0.25) is 0 Å². The Morgan fingerprint density at radius 2 is 2.10 bits per heavy atom. The molecule has 1 aromatic heterocycles. The third-order valence-corrected chi connectivity index (χ3v) is 5.96. The maximum absolute atomic E-state index is 13.2. The molecule has 2 atom stereocenters. The van der Waals surface area contributed by atoms with E-state index in [1.54, 1.807) is 36.6 Å². The van der Waals surface area contributed by atoms with E-state index in [0.717, 1.165) is 17.3 Å². The number of nitrogens with one attached hydrogen (secondary N) is 2. The maximum atomic E-state index is 13.2. The topological polar surface area (TPSA) is 129 Å². The molecule has 2 aliphatic rings. The highest BCUT2D eigenvalue weighted by Gasteiger charge is 2.45. The summed E-state index contributed by atoms with van der Waals surface area (Å²) >= 11 is 0.976. The average molecular weight is 429 g/mol. The summed E-state index contributed by atoms with van der Waals surface area (Å²) in [6.07, 6.45) is 1.98. The second-order valence-electron chi connectivity index (χ2n) is 7.02. The predicted molar refractivity (Wildman–Crippen MR) is 109 cm³/mol. The highest BCUT2D eigenvalue weighted by molar-refractivity contribution is 8.00. The van der Waals surface area contributed by atoms with Crippen molar-refractivity contribution in [2.45, 2.75) is 18.5 Å². The van der Waals surface area contributed by atoms with E-state index in [1.165, 1.54) is 4.90 Å². The van der Waals surface area contributed by atoms with Crippen LogP contribution in [-0.4, -0.2) is 63.8 Å². The Bertz CT molecular complexity index is 1010. The SMILES string of the molecule is O=C(O)CSCC(=O)NC1CCN2C(=O)c3cc(-c4ccco4)ccc3NC(=O)C12. The zero-order valence-corrected chi connectivity index (χ0v) is 16.6. The van der Waals surface area contributed by atoms with Gasteiger partial charge in [0.05, 0.1) is 35.1 Å². The number of carbonyl (C=O) groups is 4. The molecule has 2 unspecified atom stereocenters. The highest BCUT2D eigenvalue weighted by atomic mass is 32.2. The number of thioether (sulfide) groups is 1. The summed E-state index contributed by atoms with van der Waals surface area (Å²) in [6, 6.07) is 7.29. The molecule has 30 heavy (non-hydrogen) atoms. The van der Waals surface area contributed by atoms with Gasteiger partial charge in [0, 0.05) is 12.1 Å². The molecule has 0 bridgehead atoms. The van der Waals surface area contributed by atoms with E-state index in [1.807, 2.05) is 0 Å². The Morgan fingerprint density at radius 3 is 2.83 bits per heavy atom. The van der Waals surface area contributed by atoms with Crippen LogP contribution in [-0.2, 0) is 14.4 Å². The quantitative estimate of drug-likeness (QED) is 0.633. The summed E-state index contributed by atoms with van der Waals surface area (Å²) in [5, 5.41) is 14.2. The van der Waals surface area contributed by atoms with Crippen molar-refractivity contribution in [2.24, 2.45) is 0 Å². The number of nitrogens with zero attached hydrogens (tertiary/aromatic N) is 1. The summed E-state index contributed by atoms with van der Waals surface area (Å²) in [6.45, 7) is 0.328. The molecule has 1 aromatic carbocycles. The third kappa shape index (κ3) is 3.90. The number of benzene rings is 1. The van der Waals surface area contributed by atoms with E-state index >= 15 is 0 Å². The second kappa shape index (κ2) is 8.23. The first-order valence-electron chi connectivity index (χ1n) is 9.32. The van der Waals surface area contributed by atoms with E-state index in [-0.39, 0.29) is 29.2 Å². The molecule has 4 rings (SSSR count). The van der Waals surface area contributed by atoms with Crippen molar-refractivity contribution in [2.75, 3.05) is 23.4 Å². The first kappa shape index (κ1) is 20.0. The van der Waals surface area contributed by atoms with Crippen LogP contribution in [0, 0.1) is 0 Å². The van der Waals surface area contributed by atoms with Gasteiger partial charge in [-0.3, -0.25) is 19.2 Å². The van der Waals surface area contributed by atoms with Crippen molar-refractivity contribution < 1.29 is 28.7 Å². The molecule has 9 nitrogen and oxygen atoms in total. The molecule has 0 spiro atoms. The fourth-order valence-electron chi connectivity index (χ4n) is 3.76. The number of hydrogen-bond acceptors (Lipinski definition) is 6. The number of anilines is 1. The van der Waals surface area contributed by atoms with E-state index in [2.05, 4.69) is 10.6 Å². The molecule has 156 valence electrons. The largest absolute Gasteiger partial charge is 0.481 e. The van der Waals surface area contributed by atoms with Crippen LogP contribution in [0.5, 0.6) is 0 Å². The summed E-state index contributed by atoms with van der Waals surface area (Å²) in [5.74, 6) is -1.62. The van der Waals surface area contributed by atoms with Crippen molar-refractivity contribution in [1.82, 2.24) is 10.2 Å².